The first kappa shape index (κ1) is 17.8. The molecule has 25 heavy (non-hydrogen) atoms. The molecule has 2 heterocycles. The Hall–Kier alpha value is -1.99. The maximum absolute atomic E-state index is 13.1. The zero-order valence-electron chi connectivity index (χ0n) is 14.9. The fourth-order valence-electron chi connectivity index (χ4n) is 3.43. The monoisotopic (exact) mass is 362 g/mol. The van der Waals surface area contributed by atoms with Crippen molar-refractivity contribution < 1.29 is 17.7 Å². The van der Waals surface area contributed by atoms with Crippen molar-refractivity contribution in [1.29, 1.82) is 0 Å². The number of rotatable bonds is 4. The third-order valence-electron chi connectivity index (χ3n) is 4.70. The summed E-state index contributed by atoms with van der Waals surface area (Å²) in [7, 11) is -3.83. The number of Topliss-reactive ketones (excluding diaryl/α,β-unsaturated/α-hetero) is 1. The van der Waals surface area contributed by atoms with Crippen LogP contribution in [0.1, 0.15) is 45.8 Å². The Bertz CT molecular complexity index is 911. The Balaban J connectivity index is 2.01. The molecule has 0 N–H and O–H groups in total. The Labute approximate surface area is 147 Å². The Morgan fingerprint density at radius 2 is 1.96 bits per heavy atom. The lowest BCUT2D eigenvalue weighted by Gasteiger charge is -2.23. The summed E-state index contributed by atoms with van der Waals surface area (Å²) in [6, 6.07) is 4.99. The van der Waals surface area contributed by atoms with Crippen LogP contribution in [-0.4, -0.2) is 36.2 Å². The van der Waals surface area contributed by atoms with E-state index in [9.17, 15) is 13.2 Å². The van der Waals surface area contributed by atoms with Crippen LogP contribution in [0.15, 0.2) is 27.6 Å². The number of carbonyl (C=O) groups is 1. The van der Waals surface area contributed by atoms with E-state index in [4.69, 9.17) is 4.52 Å². The molecule has 0 bridgehead atoms. The molecule has 1 aliphatic rings. The fraction of sp³-hybridized carbons (Fsp3) is 0.444. The molecule has 1 aromatic heterocycles. The van der Waals surface area contributed by atoms with Gasteiger partial charge in [-0.25, -0.2) is 8.42 Å². The molecular weight excluding hydrogens is 340 g/mol. The molecule has 1 aromatic carbocycles. The van der Waals surface area contributed by atoms with Crippen molar-refractivity contribution in [3.8, 4) is 0 Å². The van der Waals surface area contributed by atoms with Crippen LogP contribution in [0.3, 0.4) is 0 Å². The first-order chi connectivity index (χ1) is 11.7. The summed E-state index contributed by atoms with van der Waals surface area (Å²) in [5.41, 5.74) is 2.75. The van der Waals surface area contributed by atoms with Crippen molar-refractivity contribution in [3.63, 3.8) is 0 Å². The minimum atomic E-state index is -3.83. The van der Waals surface area contributed by atoms with Crippen LogP contribution in [0.25, 0.3) is 0 Å². The third-order valence-corrected chi connectivity index (χ3v) is 6.85. The molecule has 0 spiro atoms. The SMILES string of the molecule is Cc1ccc(C)c(C(=O)C2CCCN2S(=O)(=O)c2c(C)noc2C)c1. The molecule has 6 nitrogen and oxygen atoms in total. The summed E-state index contributed by atoms with van der Waals surface area (Å²) < 4.78 is 32.5. The van der Waals surface area contributed by atoms with E-state index in [-0.39, 0.29) is 16.4 Å². The van der Waals surface area contributed by atoms with E-state index in [1.807, 2.05) is 32.0 Å². The number of hydrogen-bond acceptors (Lipinski definition) is 5. The number of nitrogens with zero attached hydrogens (tertiary/aromatic N) is 2. The molecule has 2 aromatic rings. The van der Waals surface area contributed by atoms with Crippen LogP contribution >= 0.6 is 0 Å². The van der Waals surface area contributed by atoms with Gasteiger partial charge in [0.25, 0.3) is 0 Å². The van der Waals surface area contributed by atoms with E-state index in [1.54, 1.807) is 13.8 Å². The number of sulfonamides is 1. The Kier molecular flexibility index (Phi) is 4.55. The smallest absolute Gasteiger partial charge is 0.249 e. The highest BCUT2D eigenvalue weighted by molar-refractivity contribution is 7.89. The maximum Gasteiger partial charge on any atom is 0.249 e. The van der Waals surface area contributed by atoms with Gasteiger partial charge in [-0.2, -0.15) is 4.31 Å². The molecule has 1 aliphatic heterocycles. The zero-order chi connectivity index (χ0) is 18.4. The first-order valence-corrected chi connectivity index (χ1v) is 9.73. The van der Waals surface area contributed by atoms with E-state index in [0.717, 1.165) is 11.1 Å². The molecule has 0 saturated carbocycles. The summed E-state index contributed by atoms with van der Waals surface area (Å²) >= 11 is 0. The van der Waals surface area contributed by atoms with Gasteiger partial charge in [-0.1, -0.05) is 22.9 Å². The lowest BCUT2D eigenvalue weighted by molar-refractivity contribution is 0.0917. The van der Waals surface area contributed by atoms with Gasteiger partial charge in [-0.15, -0.1) is 0 Å². The van der Waals surface area contributed by atoms with E-state index in [0.29, 0.717) is 30.6 Å². The van der Waals surface area contributed by atoms with Crippen molar-refractivity contribution in [2.75, 3.05) is 6.54 Å². The largest absolute Gasteiger partial charge is 0.360 e. The molecule has 1 unspecified atom stereocenters. The average molecular weight is 362 g/mol. The lowest BCUT2D eigenvalue weighted by Crippen LogP contribution is -2.41. The van der Waals surface area contributed by atoms with Crippen molar-refractivity contribution >= 4 is 15.8 Å². The van der Waals surface area contributed by atoms with Gasteiger partial charge in [-0.05, 0) is 52.2 Å². The standard InChI is InChI=1S/C18H22N2O4S/c1-11-7-8-12(2)15(10-11)17(21)16-6-5-9-20(16)25(22,23)18-13(3)19-24-14(18)4/h7-8,10,16H,5-6,9H2,1-4H3. The van der Waals surface area contributed by atoms with Crippen molar-refractivity contribution in [1.82, 2.24) is 9.46 Å². The van der Waals surface area contributed by atoms with Gasteiger partial charge in [0, 0.05) is 12.1 Å². The predicted molar refractivity (Wildman–Crippen MR) is 93.1 cm³/mol. The molecular formula is C18H22N2O4S. The summed E-state index contributed by atoms with van der Waals surface area (Å²) in [5, 5.41) is 3.74. The van der Waals surface area contributed by atoms with Gasteiger partial charge in [0.05, 0.1) is 6.04 Å². The molecule has 7 heteroatoms. The second-order valence-corrected chi connectivity index (χ2v) is 8.44. The number of hydrogen-bond donors (Lipinski definition) is 0. The van der Waals surface area contributed by atoms with Crippen molar-refractivity contribution in [2.24, 2.45) is 0 Å². The molecule has 1 atom stereocenters. The summed E-state index contributed by atoms with van der Waals surface area (Å²) in [6.07, 6.45) is 1.18. The highest BCUT2D eigenvalue weighted by Crippen LogP contribution is 2.31. The van der Waals surface area contributed by atoms with Crippen molar-refractivity contribution in [3.05, 3.63) is 46.3 Å². The van der Waals surface area contributed by atoms with E-state index >= 15 is 0 Å². The van der Waals surface area contributed by atoms with Gasteiger partial charge in [0.15, 0.2) is 11.5 Å². The Morgan fingerprint density at radius 1 is 1.24 bits per heavy atom. The number of benzene rings is 1. The molecule has 0 aliphatic carbocycles. The molecule has 0 radical (unpaired) electrons. The molecule has 134 valence electrons. The van der Waals surface area contributed by atoms with Crippen LogP contribution in [-0.2, 0) is 10.0 Å². The summed E-state index contributed by atoms with van der Waals surface area (Å²) in [5.74, 6) is 0.108. The van der Waals surface area contributed by atoms with E-state index in [1.165, 1.54) is 4.31 Å². The minimum absolute atomic E-state index is 0.0770. The van der Waals surface area contributed by atoms with Gasteiger partial charge < -0.3 is 4.52 Å². The van der Waals surface area contributed by atoms with Crippen molar-refractivity contribution in [2.45, 2.75) is 51.5 Å². The normalized spacial score (nSPS) is 18.6. The van der Waals surface area contributed by atoms with Crippen LogP contribution < -0.4 is 0 Å². The quantitative estimate of drug-likeness (QED) is 0.781. The van der Waals surface area contributed by atoms with Crippen LogP contribution in [0, 0.1) is 27.7 Å². The van der Waals surface area contributed by atoms with Gasteiger partial charge >= 0.3 is 0 Å². The highest BCUT2D eigenvalue weighted by atomic mass is 32.2. The van der Waals surface area contributed by atoms with E-state index < -0.39 is 16.1 Å². The van der Waals surface area contributed by atoms with Gasteiger partial charge in [0.2, 0.25) is 10.0 Å². The Morgan fingerprint density at radius 3 is 2.60 bits per heavy atom. The molecule has 1 fully saturated rings. The maximum atomic E-state index is 13.1. The fourth-order valence-corrected chi connectivity index (χ4v) is 5.38. The molecule has 1 saturated heterocycles. The third kappa shape index (κ3) is 3.02. The van der Waals surface area contributed by atoms with Crippen LogP contribution in [0.4, 0.5) is 0 Å². The number of carbonyl (C=O) groups excluding carboxylic acids is 1. The second kappa shape index (κ2) is 6.38. The lowest BCUT2D eigenvalue weighted by atomic mass is 9.97. The summed E-state index contributed by atoms with van der Waals surface area (Å²) in [6.45, 7) is 7.29. The minimum Gasteiger partial charge on any atom is -0.360 e. The number of ketones is 1. The average Bonchev–Trinajstić information content (AvgIpc) is 3.16. The van der Waals surface area contributed by atoms with Crippen LogP contribution in [0.2, 0.25) is 0 Å². The predicted octanol–water partition coefficient (Wildman–Crippen LogP) is 2.94. The molecule has 0 amide bonds. The topological polar surface area (TPSA) is 80.5 Å². The molecule has 3 rings (SSSR count). The summed E-state index contributed by atoms with van der Waals surface area (Å²) in [4.78, 5) is 13.1. The van der Waals surface area contributed by atoms with Gasteiger partial charge in [0.1, 0.15) is 10.6 Å². The highest BCUT2D eigenvalue weighted by Gasteiger charge is 2.42. The zero-order valence-corrected chi connectivity index (χ0v) is 15.7. The van der Waals surface area contributed by atoms with Gasteiger partial charge in [-0.3, -0.25) is 4.79 Å². The first-order valence-electron chi connectivity index (χ1n) is 8.29. The number of aryl methyl sites for hydroxylation is 4. The van der Waals surface area contributed by atoms with Crippen LogP contribution in [0.5, 0.6) is 0 Å². The number of aromatic nitrogens is 1. The second-order valence-electron chi connectivity index (χ2n) is 6.61. The van der Waals surface area contributed by atoms with E-state index in [2.05, 4.69) is 5.16 Å².